The van der Waals surface area contributed by atoms with E-state index >= 15 is 0 Å². The quantitative estimate of drug-likeness (QED) is 0.686. The molecule has 0 spiro atoms. The maximum Gasteiger partial charge on any atom is 0.252 e. The number of hydrogen-bond donors (Lipinski definition) is 1. The Hall–Kier alpha value is -2.02. The van der Waals surface area contributed by atoms with Gasteiger partial charge >= 0.3 is 0 Å². The minimum atomic E-state index is 0.0527. The molecule has 0 saturated carbocycles. The van der Waals surface area contributed by atoms with Crippen LogP contribution in [0.25, 0.3) is 10.6 Å². The lowest BCUT2D eigenvalue weighted by Gasteiger charge is -2.31. The van der Waals surface area contributed by atoms with E-state index in [4.69, 9.17) is 4.98 Å². The first-order valence-electron chi connectivity index (χ1n) is 9.24. The summed E-state index contributed by atoms with van der Waals surface area (Å²) in [5, 5.41) is 10.3. The third kappa shape index (κ3) is 4.64. The zero-order valence-corrected chi connectivity index (χ0v) is 17.0. The Kier molecular flexibility index (Phi) is 5.66. The number of carbonyl (C=O) groups is 1. The first kappa shape index (κ1) is 18.3. The van der Waals surface area contributed by atoms with E-state index < -0.39 is 0 Å². The fourth-order valence-electron chi connectivity index (χ4n) is 3.34. The van der Waals surface area contributed by atoms with Gasteiger partial charge in [0.15, 0.2) is 0 Å². The molecule has 1 aromatic carbocycles. The average molecular weight is 398 g/mol. The van der Waals surface area contributed by atoms with E-state index in [9.17, 15) is 4.79 Å². The van der Waals surface area contributed by atoms with Crippen LogP contribution in [0, 0.1) is 6.92 Å². The number of thiophene rings is 1. The minimum Gasteiger partial charge on any atom is -0.349 e. The predicted octanol–water partition coefficient (Wildman–Crippen LogP) is 4.57. The monoisotopic (exact) mass is 397 g/mol. The molecule has 1 amide bonds. The Labute approximate surface area is 167 Å². The Morgan fingerprint density at radius 3 is 2.67 bits per heavy atom. The van der Waals surface area contributed by atoms with Crippen molar-refractivity contribution in [2.24, 2.45) is 0 Å². The molecule has 27 heavy (non-hydrogen) atoms. The Balaban J connectivity index is 1.28. The highest BCUT2D eigenvalue weighted by Gasteiger charge is 2.22. The topological polar surface area (TPSA) is 45.2 Å². The van der Waals surface area contributed by atoms with Gasteiger partial charge in [0.1, 0.15) is 5.01 Å². The van der Waals surface area contributed by atoms with Gasteiger partial charge in [0.05, 0.1) is 5.69 Å². The van der Waals surface area contributed by atoms with Crippen LogP contribution in [-0.4, -0.2) is 34.9 Å². The van der Waals surface area contributed by atoms with Crippen molar-refractivity contribution in [2.45, 2.75) is 32.4 Å². The van der Waals surface area contributed by atoms with Crippen LogP contribution in [0.2, 0.25) is 0 Å². The molecule has 0 aliphatic carbocycles. The van der Waals surface area contributed by atoms with Gasteiger partial charge < -0.3 is 5.32 Å². The lowest BCUT2D eigenvalue weighted by Crippen LogP contribution is -2.44. The highest BCUT2D eigenvalue weighted by Crippen LogP contribution is 2.25. The molecule has 140 valence electrons. The number of nitrogens with zero attached hydrogens (tertiary/aromatic N) is 2. The number of aryl methyl sites for hydroxylation is 1. The molecule has 3 heterocycles. The smallest absolute Gasteiger partial charge is 0.252 e. The van der Waals surface area contributed by atoms with Crippen LogP contribution in [0.15, 0.2) is 46.5 Å². The fraction of sp³-hybridized carbons (Fsp3) is 0.333. The van der Waals surface area contributed by atoms with E-state index in [0.717, 1.165) is 48.7 Å². The molecule has 2 aromatic heterocycles. The number of amides is 1. The maximum atomic E-state index is 12.2. The summed E-state index contributed by atoms with van der Waals surface area (Å²) in [6.07, 6.45) is 1.98. The number of rotatable bonds is 5. The van der Waals surface area contributed by atoms with E-state index in [-0.39, 0.29) is 11.9 Å². The van der Waals surface area contributed by atoms with Gasteiger partial charge in [0.25, 0.3) is 5.91 Å². The summed E-state index contributed by atoms with van der Waals surface area (Å²) in [5.41, 5.74) is 4.36. The standard InChI is InChI=1S/C21H23N3OS2/c1-15-2-4-16(5-3-15)21-23-19(14-27-21)12-24-9-6-18(7-10-24)22-20(25)17-8-11-26-13-17/h2-5,8,11,13-14,18H,6-7,9-10,12H2,1H3,(H,22,25). The van der Waals surface area contributed by atoms with Gasteiger partial charge in [-0.05, 0) is 31.2 Å². The normalized spacial score (nSPS) is 15.7. The van der Waals surface area contributed by atoms with Crippen LogP contribution < -0.4 is 5.32 Å². The van der Waals surface area contributed by atoms with Gasteiger partial charge in [0.2, 0.25) is 0 Å². The van der Waals surface area contributed by atoms with Gasteiger partial charge in [0, 0.05) is 47.6 Å². The van der Waals surface area contributed by atoms with Crippen LogP contribution in [0.5, 0.6) is 0 Å². The summed E-state index contributed by atoms with van der Waals surface area (Å²) in [4.78, 5) is 19.4. The molecule has 1 N–H and O–H groups in total. The first-order chi connectivity index (χ1) is 13.2. The SMILES string of the molecule is Cc1ccc(-c2nc(CN3CCC(NC(=O)c4ccsc4)CC3)cs2)cc1. The molecule has 0 unspecified atom stereocenters. The average Bonchev–Trinajstić information content (AvgIpc) is 3.36. The minimum absolute atomic E-state index is 0.0527. The number of hydrogen-bond acceptors (Lipinski definition) is 5. The molecular formula is C21H23N3OS2. The van der Waals surface area contributed by atoms with Gasteiger partial charge in [-0.1, -0.05) is 29.8 Å². The molecule has 0 atom stereocenters. The number of carbonyl (C=O) groups excluding carboxylic acids is 1. The molecule has 1 saturated heterocycles. The van der Waals surface area contributed by atoms with Crippen molar-refractivity contribution in [3.05, 3.63) is 63.3 Å². The van der Waals surface area contributed by atoms with Crippen molar-refractivity contribution >= 4 is 28.6 Å². The molecule has 4 nitrogen and oxygen atoms in total. The molecule has 6 heteroatoms. The third-order valence-electron chi connectivity index (χ3n) is 4.94. The number of benzene rings is 1. The van der Waals surface area contributed by atoms with Crippen LogP contribution in [0.3, 0.4) is 0 Å². The van der Waals surface area contributed by atoms with Crippen molar-refractivity contribution in [3.63, 3.8) is 0 Å². The summed E-state index contributed by atoms with van der Waals surface area (Å²) >= 11 is 3.27. The van der Waals surface area contributed by atoms with Crippen molar-refractivity contribution in [1.29, 1.82) is 0 Å². The highest BCUT2D eigenvalue weighted by molar-refractivity contribution is 7.13. The fourth-order valence-corrected chi connectivity index (χ4v) is 4.79. The zero-order chi connectivity index (χ0) is 18.6. The Bertz CT molecular complexity index is 879. The highest BCUT2D eigenvalue weighted by atomic mass is 32.1. The van der Waals surface area contributed by atoms with Gasteiger partial charge in [-0.3, -0.25) is 9.69 Å². The lowest BCUT2D eigenvalue weighted by molar-refractivity contribution is 0.0909. The largest absolute Gasteiger partial charge is 0.349 e. The summed E-state index contributed by atoms with van der Waals surface area (Å²) < 4.78 is 0. The molecule has 1 aliphatic heterocycles. The molecule has 4 rings (SSSR count). The van der Waals surface area contributed by atoms with Gasteiger partial charge in [-0.15, -0.1) is 11.3 Å². The summed E-state index contributed by atoms with van der Waals surface area (Å²) in [7, 11) is 0. The van der Waals surface area contributed by atoms with Gasteiger partial charge in [-0.2, -0.15) is 11.3 Å². The summed E-state index contributed by atoms with van der Waals surface area (Å²) in [6, 6.07) is 10.7. The van der Waals surface area contributed by atoms with E-state index in [2.05, 4.69) is 46.8 Å². The molecular weight excluding hydrogens is 374 g/mol. The number of thiazole rings is 1. The molecule has 0 radical (unpaired) electrons. The number of piperidine rings is 1. The van der Waals surface area contributed by atoms with Gasteiger partial charge in [-0.25, -0.2) is 4.98 Å². The van der Waals surface area contributed by atoms with Crippen molar-refractivity contribution in [3.8, 4) is 10.6 Å². The van der Waals surface area contributed by atoms with E-state index in [1.165, 1.54) is 11.1 Å². The molecule has 3 aromatic rings. The molecule has 1 fully saturated rings. The zero-order valence-electron chi connectivity index (χ0n) is 15.4. The van der Waals surface area contributed by atoms with Crippen LogP contribution in [0.1, 0.15) is 34.5 Å². The van der Waals surface area contributed by atoms with E-state index in [1.54, 1.807) is 22.7 Å². The summed E-state index contributed by atoms with van der Waals surface area (Å²) in [5.74, 6) is 0.0527. The van der Waals surface area contributed by atoms with Crippen LogP contribution >= 0.6 is 22.7 Å². The van der Waals surface area contributed by atoms with Crippen molar-refractivity contribution in [2.75, 3.05) is 13.1 Å². The van der Waals surface area contributed by atoms with E-state index in [0.29, 0.717) is 0 Å². The first-order valence-corrected chi connectivity index (χ1v) is 11.1. The van der Waals surface area contributed by atoms with Crippen LogP contribution in [0.4, 0.5) is 0 Å². The third-order valence-corrected chi connectivity index (χ3v) is 6.57. The number of aromatic nitrogens is 1. The number of nitrogens with one attached hydrogen (secondary N) is 1. The predicted molar refractivity (Wildman–Crippen MR) is 112 cm³/mol. The second-order valence-electron chi connectivity index (χ2n) is 7.05. The Morgan fingerprint density at radius 1 is 1.19 bits per heavy atom. The van der Waals surface area contributed by atoms with Crippen molar-refractivity contribution in [1.82, 2.24) is 15.2 Å². The molecule has 1 aliphatic rings. The van der Waals surface area contributed by atoms with E-state index in [1.807, 2.05) is 16.8 Å². The van der Waals surface area contributed by atoms with Crippen LogP contribution in [-0.2, 0) is 6.54 Å². The Morgan fingerprint density at radius 2 is 1.96 bits per heavy atom. The number of likely N-dealkylation sites (tertiary alicyclic amines) is 1. The summed E-state index contributed by atoms with van der Waals surface area (Å²) in [6.45, 7) is 4.97. The lowest BCUT2D eigenvalue weighted by atomic mass is 10.0. The molecule has 0 bridgehead atoms. The second kappa shape index (κ2) is 8.33. The second-order valence-corrected chi connectivity index (χ2v) is 8.68. The maximum absolute atomic E-state index is 12.2. The van der Waals surface area contributed by atoms with Crippen molar-refractivity contribution < 1.29 is 4.79 Å².